The van der Waals surface area contributed by atoms with Crippen molar-refractivity contribution in [1.29, 1.82) is 0 Å². The average molecular weight is 921 g/mol. The first-order valence-electron chi connectivity index (χ1n) is 26.1. The molecule has 2 unspecified atom stereocenters. The van der Waals surface area contributed by atoms with Crippen LogP contribution in [0.1, 0.15) is 150 Å². The van der Waals surface area contributed by atoms with E-state index in [1.165, 1.54) is 108 Å². The van der Waals surface area contributed by atoms with E-state index in [1.807, 2.05) is 12.3 Å². The van der Waals surface area contributed by atoms with Crippen molar-refractivity contribution < 1.29 is 0 Å². The van der Waals surface area contributed by atoms with Gasteiger partial charge in [-0.15, -0.1) is 0 Å². The Bertz CT molecular complexity index is 3190. The highest BCUT2D eigenvalue weighted by Gasteiger charge is 2.58. The first-order valence-corrected chi connectivity index (χ1v) is 26.1. The molecule has 356 valence electrons. The Kier molecular flexibility index (Phi) is 10.4. The van der Waals surface area contributed by atoms with Gasteiger partial charge >= 0.3 is 0 Å². The Hall–Kier alpha value is -6.07. The molecule has 6 aromatic carbocycles. The minimum Gasteiger partial charge on any atom is -0.334 e. The Labute approximate surface area is 420 Å². The number of rotatable bonds is 4. The molecular formula is C65H73BN4. The third kappa shape index (κ3) is 7.18. The molecule has 0 spiro atoms. The summed E-state index contributed by atoms with van der Waals surface area (Å²) in [5, 5.41) is 0. The van der Waals surface area contributed by atoms with Crippen LogP contribution in [0.2, 0.25) is 0 Å². The monoisotopic (exact) mass is 921 g/mol. The topological polar surface area (TPSA) is 22.6 Å². The van der Waals surface area contributed by atoms with Crippen molar-refractivity contribution in [3.8, 4) is 11.3 Å². The molecule has 2 atom stereocenters. The van der Waals surface area contributed by atoms with Gasteiger partial charge in [0.25, 0.3) is 6.71 Å². The normalized spacial score (nSPS) is 19.6. The zero-order chi connectivity index (χ0) is 49.5. The minimum absolute atomic E-state index is 0.00680. The molecule has 3 aliphatic heterocycles. The SMILES string of the molecule is CC(C)(C)c1ccc(N2c3cc(N4c5ccc(-c6ccccn6)cc5C5(C)CCCCC45C)ccc3B3c4ccc(C(C)(C)C)cc4N(c4cccc(C(C)(C)C)c4)c4cc(C(C)(C)C)cc2c43)cc1. The summed E-state index contributed by atoms with van der Waals surface area (Å²) in [6, 6.07) is 52.3. The summed E-state index contributed by atoms with van der Waals surface area (Å²) in [4.78, 5) is 12.8. The number of anilines is 8. The Balaban J connectivity index is 1.20. The van der Waals surface area contributed by atoms with Gasteiger partial charge in [-0.1, -0.05) is 157 Å². The van der Waals surface area contributed by atoms with E-state index in [9.17, 15) is 0 Å². The second-order valence-corrected chi connectivity index (χ2v) is 25.7. The van der Waals surface area contributed by atoms with Crippen molar-refractivity contribution in [2.75, 3.05) is 14.7 Å². The lowest BCUT2D eigenvalue weighted by molar-refractivity contribution is 0.195. The molecule has 4 nitrogen and oxygen atoms in total. The molecule has 70 heavy (non-hydrogen) atoms. The molecule has 5 heteroatoms. The lowest BCUT2D eigenvalue weighted by atomic mass is 9.33. The van der Waals surface area contributed by atoms with Crippen molar-refractivity contribution in [3.63, 3.8) is 0 Å². The molecule has 0 radical (unpaired) electrons. The van der Waals surface area contributed by atoms with Crippen LogP contribution in [0, 0.1) is 0 Å². The number of pyridine rings is 1. The molecule has 0 N–H and O–H groups in total. The average Bonchev–Trinajstić information content (AvgIpc) is 3.52. The van der Waals surface area contributed by atoms with Crippen LogP contribution < -0.4 is 31.1 Å². The molecule has 1 saturated carbocycles. The fourth-order valence-electron chi connectivity index (χ4n) is 12.6. The van der Waals surface area contributed by atoms with Crippen LogP contribution in [0.5, 0.6) is 0 Å². The molecule has 0 amide bonds. The summed E-state index contributed by atoms with van der Waals surface area (Å²) in [5.74, 6) is 0. The van der Waals surface area contributed by atoms with E-state index in [4.69, 9.17) is 4.98 Å². The number of aromatic nitrogens is 1. The van der Waals surface area contributed by atoms with E-state index in [0.29, 0.717) is 0 Å². The molecule has 7 aromatic rings. The van der Waals surface area contributed by atoms with Crippen molar-refractivity contribution in [3.05, 3.63) is 167 Å². The van der Waals surface area contributed by atoms with Gasteiger partial charge in [-0.3, -0.25) is 4.98 Å². The summed E-state index contributed by atoms with van der Waals surface area (Å²) in [5.41, 5.74) is 22.8. The predicted molar refractivity (Wildman–Crippen MR) is 301 cm³/mol. The lowest BCUT2D eigenvalue weighted by Crippen LogP contribution is -2.61. The van der Waals surface area contributed by atoms with E-state index < -0.39 is 0 Å². The van der Waals surface area contributed by atoms with Gasteiger partial charge in [0.05, 0.1) is 11.2 Å². The summed E-state index contributed by atoms with van der Waals surface area (Å²) >= 11 is 0. The molecule has 4 heterocycles. The van der Waals surface area contributed by atoms with Crippen molar-refractivity contribution >= 4 is 68.6 Å². The van der Waals surface area contributed by atoms with Crippen LogP contribution in [0.25, 0.3) is 11.3 Å². The van der Waals surface area contributed by atoms with Gasteiger partial charge in [-0.05, 0) is 164 Å². The zero-order valence-corrected chi connectivity index (χ0v) is 44.5. The molecule has 4 aliphatic rings. The van der Waals surface area contributed by atoms with Crippen LogP contribution in [0.15, 0.2) is 140 Å². The second-order valence-electron chi connectivity index (χ2n) is 25.7. The van der Waals surface area contributed by atoms with Gasteiger partial charge in [0.2, 0.25) is 0 Å². The molecule has 1 fully saturated rings. The van der Waals surface area contributed by atoms with Crippen LogP contribution in [0.3, 0.4) is 0 Å². The summed E-state index contributed by atoms with van der Waals surface area (Å²) < 4.78 is 0. The van der Waals surface area contributed by atoms with E-state index >= 15 is 0 Å². The third-order valence-corrected chi connectivity index (χ3v) is 17.1. The highest BCUT2D eigenvalue weighted by molar-refractivity contribution is 7.00. The summed E-state index contributed by atoms with van der Waals surface area (Å²) in [6.45, 7) is 33.2. The number of hydrogen-bond acceptors (Lipinski definition) is 4. The van der Waals surface area contributed by atoms with Gasteiger partial charge < -0.3 is 14.7 Å². The highest BCUT2D eigenvalue weighted by atomic mass is 15.3. The van der Waals surface area contributed by atoms with Crippen molar-refractivity contribution in [2.45, 2.75) is 155 Å². The van der Waals surface area contributed by atoms with Gasteiger partial charge in [-0.25, -0.2) is 0 Å². The van der Waals surface area contributed by atoms with Crippen LogP contribution in [-0.4, -0.2) is 17.2 Å². The maximum Gasteiger partial charge on any atom is 0.252 e. The zero-order valence-electron chi connectivity index (χ0n) is 44.5. The maximum absolute atomic E-state index is 4.81. The van der Waals surface area contributed by atoms with Crippen LogP contribution in [-0.2, 0) is 27.1 Å². The Morgan fingerprint density at radius 3 is 1.67 bits per heavy atom. The van der Waals surface area contributed by atoms with Gasteiger partial charge in [0, 0.05) is 62.7 Å². The number of nitrogens with zero attached hydrogens (tertiary/aromatic N) is 4. The fraction of sp³-hybridized carbons (Fsp3) is 0.369. The molecule has 0 saturated heterocycles. The summed E-state index contributed by atoms with van der Waals surface area (Å²) in [6.07, 6.45) is 6.66. The van der Waals surface area contributed by atoms with Gasteiger partial charge in [0.1, 0.15) is 0 Å². The van der Waals surface area contributed by atoms with Crippen LogP contribution in [0.4, 0.5) is 45.5 Å². The standard InChI is InChI=1S/C65H73BN4/c1-60(2,3)43-24-27-47(28-25-43)68-56-41-49(70-54-32-23-42(53-22-15-18-35-67-53)36-50(54)64(13)33-16-17-34-65(64,70)14)29-31-52(56)66-51-30-26-45(62(7,8)9)38-55(51)69(48-21-19-20-44(37-48)61(4,5)6)58-40-46(63(10,11)12)39-57(68)59(58)66/h15,18-32,35-41H,16-17,33-34H2,1-14H3. The minimum atomic E-state index is -0.120. The molecule has 1 aromatic heterocycles. The smallest absolute Gasteiger partial charge is 0.252 e. The van der Waals surface area contributed by atoms with Crippen molar-refractivity contribution in [2.24, 2.45) is 0 Å². The number of benzene rings is 6. The van der Waals surface area contributed by atoms with Gasteiger partial charge in [-0.2, -0.15) is 0 Å². The molecule has 11 rings (SSSR count). The second kappa shape index (κ2) is 15.7. The van der Waals surface area contributed by atoms with Crippen molar-refractivity contribution in [1.82, 2.24) is 4.98 Å². The Morgan fingerprint density at radius 2 is 1.03 bits per heavy atom. The van der Waals surface area contributed by atoms with E-state index in [-0.39, 0.29) is 39.3 Å². The van der Waals surface area contributed by atoms with E-state index in [2.05, 4.69) is 239 Å². The van der Waals surface area contributed by atoms with E-state index in [0.717, 1.165) is 18.5 Å². The molecular weight excluding hydrogens is 848 g/mol. The summed E-state index contributed by atoms with van der Waals surface area (Å²) in [7, 11) is 0. The number of hydrogen-bond donors (Lipinski definition) is 0. The molecule has 1 aliphatic carbocycles. The maximum atomic E-state index is 4.81. The largest absolute Gasteiger partial charge is 0.334 e. The lowest BCUT2D eigenvalue weighted by Gasteiger charge is -2.50. The Morgan fingerprint density at radius 1 is 0.457 bits per heavy atom. The number of fused-ring (bicyclic) bond motifs is 7. The first-order chi connectivity index (χ1) is 33.0. The van der Waals surface area contributed by atoms with E-state index in [1.54, 1.807) is 0 Å². The fourth-order valence-corrected chi connectivity index (χ4v) is 12.6. The highest BCUT2D eigenvalue weighted by Crippen LogP contribution is 2.62. The van der Waals surface area contributed by atoms with Gasteiger partial charge in [0.15, 0.2) is 0 Å². The quantitative estimate of drug-likeness (QED) is 0.164. The van der Waals surface area contributed by atoms with Crippen LogP contribution >= 0.6 is 0 Å². The first kappa shape index (κ1) is 46.3. The molecule has 0 bridgehead atoms. The third-order valence-electron chi connectivity index (χ3n) is 17.1. The predicted octanol–water partition coefficient (Wildman–Crippen LogP) is 15.8.